The minimum Gasteiger partial charge on any atom is -0.463 e. The average molecular weight is 555 g/mol. The maximum Gasteiger partial charge on any atom is 0.305 e. The smallest absolute Gasteiger partial charge is 0.305 e. The number of esters is 2. The van der Waals surface area contributed by atoms with Gasteiger partial charge in [-0.25, -0.2) is 0 Å². The van der Waals surface area contributed by atoms with Crippen molar-refractivity contribution in [2.24, 2.45) is 5.92 Å². The van der Waals surface area contributed by atoms with E-state index >= 15 is 0 Å². The molecule has 0 fully saturated rings. The standard InChI is InChI=1S/C34H66O5/c1-4-5-6-7-8-9-10-11-12-13-14-18-21-24-27-33(36)38-29-32(35)30-39-34(37)28-25-22-19-16-15-17-20-23-26-31(2)3/h31-32,35H,4-30H2,1-3H3/t32-/m1/s1. The van der Waals surface area contributed by atoms with Gasteiger partial charge < -0.3 is 14.6 Å². The van der Waals surface area contributed by atoms with Crippen molar-refractivity contribution >= 4 is 11.9 Å². The molecule has 0 aliphatic heterocycles. The molecular formula is C34H66O5. The third kappa shape index (κ3) is 31.3. The van der Waals surface area contributed by atoms with Gasteiger partial charge in [0.15, 0.2) is 0 Å². The number of carbonyl (C=O) groups excluding carboxylic acids is 2. The van der Waals surface area contributed by atoms with E-state index in [0.29, 0.717) is 12.8 Å². The Morgan fingerprint density at radius 1 is 0.513 bits per heavy atom. The van der Waals surface area contributed by atoms with Crippen LogP contribution in [0.3, 0.4) is 0 Å². The first-order valence-electron chi connectivity index (χ1n) is 16.9. The third-order valence-electron chi connectivity index (χ3n) is 7.52. The highest BCUT2D eigenvalue weighted by atomic mass is 16.6. The molecule has 0 spiro atoms. The highest BCUT2D eigenvalue weighted by molar-refractivity contribution is 5.69. The number of carbonyl (C=O) groups is 2. The first kappa shape index (κ1) is 37.9. The Morgan fingerprint density at radius 3 is 1.15 bits per heavy atom. The molecular weight excluding hydrogens is 488 g/mol. The van der Waals surface area contributed by atoms with E-state index in [-0.39, 0.29) is 25.2 Å². The van der Waals surface area contributed by atoms with E-state index in [4.69, 9.17) is 9.47 Å². The Hall–Kier alpha value is -1.10. The Labute approximate surface area is 242 Å². The van der Waals surface area contributed by atoms with Gasteiger partial charge in [0, 0.05) is 12.8 Å². The summed E-state index contributed by atoms with van der Waals surface area (Å²) in [5.74, 6) is 0.250. The number of unbranched alkanes of at least 4 members (excludes halogenated alkanes) is 20. The van der Waals surface area contributed by atoms with Crippen molar-refractivity contribution in [1.29, 1.82) is 0 Å². The number of hydrogen-bond acceptors (Lipinski definition) is 5. The molecule has 1 N–H and O–H groups in total. The molecule has 0 aromatic heterocycles. The third-order valence-corrected chi connectivity index (χ3v) is 7.52. The van der Waals surface area contributed by atoms with Crippen LogP contribution in [0.25, 0.3) is 0 Å². The molecule has 0 aromatic rings. The van der Waals surface area contributed by atoms with Crippen molar-refractivity contribution < 1.29 is 24.2 Å². The number of rotatable bonds is 30. The summed E-state index contributed by atoms with van der Waals surface area (Å²) in [5, 5.41) is 9.95. The van der Waals surface area contributed by atoms with Gasteiger partial charge in [-0.05, 0) is 18.8 Å². The van der Waals surface area contributed by atoms with Crippen LogP contribution in [0.5, 0.6) is 0 Å². The number of aliphatic hydroxyl groups is 1. The molecule has 0 saturated heterocycles. The predicted molar refractivity (Wildman–Crippen MR) is 164 cm³/mol. The molecule has 0 amide bonds. The molecule has 39 heavy (non-hydrogen) atoms. The molecule has 0 rings (SSSR count). The van der Waals surface area contributed by atoms with Crippen LogP contribution in [0.2, 0.25) is 0 Å². The van der Waals surface area contributed by atoms with Crippen LogP contribution in [0.1, 0.15) is 181 Å². The van der Waals surface area contributed by atoms with Gasteiger partial charge in [-0.1, -0.05) is 156 Å². The van der Waals surface area contributed by atoms with E-state index in [9.17, 15) is 14.7 Å². The second-order valence-corrected chi connectivity index (χ2v) is 12.1. The monoisotopic (exact) mass is 554 g/mol. The molecule has 0 heterocycles. The second kappa shape index (κ2) is 29.9. The molecule has 0 bridgehead atoms. The lowest BCUT2D eigenvalue weighted by molar-refractivity contribution is -0.152. The molecule has 5 nitrogen and oxygen atoms in total. The van der Waals surface area contributed by atoms with Crippen LogP contribution in [-0.2, 0) is 19.1 Å². The van der Waals surface area contributed by atoms with Crippen LogP contribution >= 0.6 is 0 Å². The van der Waals surface area contributed by atoms with E-state index in [1.165, 1.54) is 116 Å². The maximum atomic E-state index is 11.9. The van der Waals surface area contributed by atoms with Gasteiger partial charge in [0.05, 0.1) is 0 Å². The van der Waals surface area contributed by atoms with Gasteiger partial charge in [-0.3, -0.25) is 9.59 Å². The first-order valence-corrected chi connectivity index (χ1v) is 16.9. The van der Waals surface area contributed by atoms with Gasteiger partial charge in [-0.15, -0.1) is 0 Å². The molecule has 0 saturated carbocycles. The minimum absolute atomic E-state index is 0.109. The average Bonchev–Trinajstić information content (AvgIpc) is 2.91. The van der Waals surface area contributed by atoms with Crippen LogP contribution in [0.4, 0.5) is 0 Å². The molecule has 0 aromatic carbocycles. The van der Waals surface area contributed by atoms with Crippen molar-refractivity contribution in [3.8, 4) is 0 Å². The zero-order chi connectivity index (χ0) is 28.8. The van der Waals surface area contributed by atoms with Crippen LogP contribution < -0.4 is 0 Å². The van der Waals surface area contributed by atoms with Crippen molar-refractivity contribution in [3.05, 3.63) is 0 Å². The van der Waals surface area contributed by atoms with Crippen LogP contribution in [0, 0.1) is 5.92 Å². The van der Waals surface area contributed by atoms with Gasteiger partial charge >= 0.3 is 11.9 Å². The van der Waals surface area contributed by atoms with E-state index in [1.807, 2.05) is 0 Å². The fourth-order valence-corrected chi connectivity index (χ4v) is 4.92. The topological polar surface area (TPSA) is 72.8 Å². The van der Waals surface area contributed by atoms with Crippen molar-refractivity contribution in [1.82, 2.24) is 0 Å². The molecule has 5 heteroatoms. The fraction of sp³-hybridized carbons (Fsp3) is 0.941. The Kier molecular flexibility index (Phi) is 29.0. The van der Waals surface area contributed by atoms with E-state index < -0.39 is 6.10 Å². The summed E-state index contributed by atoms with van der Waals surface area (Å²) in [7, 11) is 0. The summed E-state index contributed by atoms with van der Waals surface area (Å²) in [4.78, 5) is 23.8. The van der Waals surface area contributed by atoms with Crippen molar-refractivity contribution in [2.75, 3.05) is 13.2 Å². The Morgan fingerprint density at radius 2 is 0.821 bits per heavy atom. The summed E-state index contributed by atoms with van der Waals surface area (Å²) >= 11 is 0. The highest BCUT2D eigenvalue weighted by Gasteiger charge is 2.12. The SMILES string of the molecule is CCCCCCCCCCCCCCCCC(=O)OC[C@@H](O)COC(=O)CCCCCCCCCCC(C)C. The lowest BCUT2D eigenvalue weighted by Crippen LogP contribution is -2.25. The summed E-state index contributed by atoms with van der Waals surface area (Å²) < 4.78 is 10.3. The molecule has 0 unspecified atom stereocenters. The molecule has 232 valence electrons. The normalized spacial score (nSPS) is 12.1. The summed E-state index contributed by atoms with van der Waals surface area (Å²) in [6, 6.07) is 0. The van der Waals surface area contributed by atoms with Gasteiger partial charge in [0.1, 0.15) is 19.3 Å². The molecule has 0 aliphatic rings. The van der Waals surface area contributed by atoms with Gasteiger partial charge in [-0.2, -0.15) is 0 Å². The van der Waals surface area contributed by atoms with E-state index in [2.05, 4.69) is 20.8 Å². The summed E-state index contributed by atoms with van der Waals surface area (Å²) in [6.45, 7) is 6.61. The second-order valence-electron chi connectivity index (χ2n) is 12.1. The van der Waals surface area contributed by atoms with Crippen LogP contribution in [0.15, 0.2) is 0 Å². The number of aliphatic hydroxyl groups excluding tert-OH is 1. The maximum absolute atomic E-state index is 11.9. The zero-order valence-corrected chi connectivity index (χ0v) is 26.3. The molecule has 0 radical (unpaired) electrons. The Bertz CT molecular complexity index is 534. The molecule has 0 aliphatic carbocycles. The van der Waals surface area contributed by atoms with E-state index in [0.717, 1.165) is 38.0 Å². The lowest BCUT2D eigenvalue weighted by atomic mass is 10.0. The minimum atomic E-state index is -0.954. The fourth-order valence-electron chi connectivity index (χ4n) is 4.92. The number of hydrogen-bond donors (Lipinski definition) is 1. The van der Waals surface area contributed by atoms with Gasteiger partial charge in [0.2, 0.25) is 0 Å². The summed E-state index contributed by atoms with van der Waals surface area (Å²) in [6.07, 6.45) is 28.7. The number of ether oxygens (including phenoxy) is 2. The van der Waals surface area contributed by atoms with Gasteiger partial charge in [0.25, 0.3) is 0 Å². The zero-order valence-electron chi connectivity index (χ0n) is 26.3. The predicted octanol–water partition coefficient (Wildman–Crippen LogP) is 9.86. The first-order chi connectivity index (χ1) is 19.0. The molecule has 1 atom stereocenters. The van der Waals surface area contributed by atoms with Crippen molar-refractivity contribution in [2.45, 2.75) is 187 Å². The summed E-state index contributed by atoms with van der Waals surface area (Å²) in [5.41, 5.74) is 0. The quantitative estimate of drug-likeness (QED) is 0.0706. The van der Waals surface area contributed by atoms with E-state index in [1.54, 1.807) is 0 Å². The lowest BCUT2D eigenvalue weighted by Gasteiger charge is -2.12. The Balaban J connectivity index is 3.41. The van der Waals surface area contributed by atoms with Crippen LogP contribution in [-0.4, -0.2) is 36.4 Å². The van der Waals surface area contributed by atoms with Crippen molar-refractivity contribution in [3.63, 3.8) is 0 Å². The highest BCUT2D eigenvalue weighted by Crippen LogP contribution is 2.15. The largest absolute Gasteiger partial charge is 0.463 e.